The van der Waals surface area contributed by atoms with Gasteiger partial charge in [-0.05, 0) is 26.7 Å². The van der Waals surface area contributed by atoms with Gasteiger partial charge in [-0.2, -0.15) is 0 Å². The fourth-order valence-electron chi connectivity index (χ4n) is 1.84. The monoisotopic (exact) mass is 297 g/mol. The van der Waals surface area contributed by atoms with E-state index >= 15 is 0 Å². The molecule has 21 heavy (non-hydrogen) atoms. The molecular formula is C14H23N3O4. The summed E-state index contributed by atoms with van der Waals surface area (Å²) in [5, 5.41) is 14.0. The standard InChI is InChI=1S/C14H23N3O4/c1-10-9-16-13(21-10)11(2)17-14(20)15-8-6-4-3-5-7-12(18)19/h9,11H,3-8H2,1-2H3,(H,18,19)(H2,15,17,20). The van der Waals surface area contributed by atoms with Gasteiger partial charge in [-0.15, -0.1) is 0 Å². The molecule has 2 amide bonds. The maximum absolute atomic E-state index is 11.6. The van der Waals surface area contributed by atoms with Gasteiger partial charge in [0.05, 0.1) is 6.20 Å². The molecule has 0 spiro atoms. The van der Waals surface area contributed by atoms with Crippen molar-refractivity contribution < 1.29 is 19.1 Å². The Labute approximate surface area is 124 Å². The molecular weight excluding hydrogens is 274 g/mol. The van der Waals surface area contributed by atoms with E-state index < -0.39 is 5.97 Å². The van der Waals surface area contributed by atoms with Crippen LogP contribution >= 0.6 is 0 Å². The van der Waals surface area contributed by atoms with Gasteiger partial charge in [-0.3, -0.25) is 4.79 Å². The topological polar surface area (TPSA) is 104 Å². The minimum Gasteiger partial charge on any atom is -0.481 e. The summed E-state index contributed by atoms with van der Waals surface area (Å²) in [6.45, 7) is 4.17. The van der Waals surface area contributed by atoms with E-state index in [0.717, 1.165) is 19.3 Å². The third-order valence-corrected chi connectivity index (χ3v) is 2.96. The van der Waals surface area contributed by atoms with Crippen LogP contribution in [0.3, 0.4) is 0 Å². The summed E-state index contributed by atoms with van der Waals surface area (Å²) in [6, 6.07) is -0.543. The first-order chi connectivity index (χ1) is 9.99. The van der Waals surface area contributed by atoms with Crippen LogP contribution in [0.5, 0.6) is 0 Å². The summed E-state index contributed by atoms with van der Waals surface area (Å²) in [5.41, 5.74) is 0. The number of unbranched alkanes of at least 4 members (excludes halogenated alkanes) is 3. The Bertz CT molecular complexity index is 459. The molecule has 0 aliphatic rings. The Morgan fingerprint density at radius 2 is 2.05 bits per heavy atom. The lowest BCUT2D eigenvalue weighted by molar-refractivity contribution is -0.137. The van der Waals surface area contributed by atoms with Crippen molar-refractivity contribution in [3.8, 4) is 0 Å². The number of hydrogen-bond donors (Lipinski definition) is 3. The van der Waals surface area contributed by atoms with Crippen LogP contribution in [-0.4, -0.2) is 28.6 Å². The first-order valence-electron chi connectivity index (χ1n) is 7.17. The smallest absolute Gasteiger partial charge is 0.315 e. The van der Waals surface area contributed by atoms with Gasteiger partial charge >= 0.3 is 12.0 Å². The predicted octanol–water partition coefficient (Wildman–Crippen LogP) is 2.38. The molecule has 1 aromatic rings. The average Bonchev–Trinajstić information content (AvgIpc) is 2.84. The van der Waals surface area contributed by atoms with Crippen molar-refractivity contribution in [1.82, 2.24) is 15.6 Å². The third kappa shape index (κ3) is 7.34. The second-order valence-electron chi connectivity index (χ2n) is 4.99. The lowest BCUT2D eigenvalue weighted by Gasteiger charge is -2.11. The molecule has 1 rings (SSSR count). The van der Waals surface area contributed by atoms with Crippen molar-refractivity contribution in [2.24, 2.45) is 0 Å². The second-order valence-corrected chi connectivity index (χ2v) is 4.99. The SMILES string of the molecule is Cc1cnc(C(C)NC(=O)NCCCCCCC(=O)O)o1. The Hall–Kier alpha value is -2.05. The molecule has 0 aromatic carbocycles. The van der Waals surface area contributed by atoms with Crippen LogP contribution in [0.1, 0.15) is 56.7 Å². The van der Waals surface area contributed by atoms with Crippen LogP contribution in [-0.2, 0) is 4.79 Å². The lowest BCUT2D eigenvalue weighted by Crippen LogP contribution is -2.37. The number of nitrogens with one attached hydrogen (secondary N) is 2. The third-order valence-electron chi connectivity index (χ3n) is 2.96. The molecule has 3 N–H and O–H groups in total. The predicted molar refractivity (Wildman–Crippen MR) is 76.9 cm³/mol. The molecule has 0 fully saturated rings. The highest BCUT2D eigenvalue weighted by Gasteiger charge is 2.13. The fourth-order valence-corrected chi connectivity index (χ4v) is 1.84. The first kappa shape index (κ1) is 17.0. The summed E-state index contributed by atoms with van der Waals surface area (Å²) >= 11 is 0. The number of aryl methyl sites for hydroxylation is 1. The molecule has 1 aromatic heterocycles. The molecule has 0 radical (unpaired) electrons. The van der Waals surface area contributed by atoms with Crippen molar-refractivity contribution in [3.05, 3.63) is 17.8 Å². The van der Waals surface area contributed by atoms with Gasteiger partial charge in [0, 0.05) is 13.0 Å². The minimum absolute atomic E-state index is 0.209. The molecule has 0 bridgehead atoms. The van der Waals surface area contributed by atoms with Gasteiger partial charge in [0.25, 0.3) is 0 Å². The van der Waals surface area contributed by atoms with E-state index in [2.05, 4.69) is 15.6 Å². The van der Waals surface area contributed by atoms with Crippen LogP contribution < -0.4 is 10.6 Å². The number of oxazole rings is 1. The van der Waals surface area contributed by atoms with Crippen LogP contribution in [0, 0.1) is 6.92 Å². The number of carboxylic acid groups (broad SMARTS) is 1. The number of nitrogens with zero attached hydrogens (tertiary/aromatic N) is 1. The van der Waals surface area contributed by atoms with Crippen LogP contribution in [0.4, 0.5) is 4.79 Å². The molecule has 7 heteroatoms. The zero-order valence-corrected chi connectivity index (χ0v) is 12.5. The summed E-state index contributed by atoms with van der Waals surface area (Å²) in [7, 11) is 0. The van der Waals surface area contributed by atoms with Crippen molar-refractivity contribution in [2.45, 2.75) is 52.0 Å². The number of aromatic nitrogens is 1. The zero-order valence-electron chi connectivity index (χ0n) is 12.5. The van der Waals surface area contributed by atoms with E-state index in [1.807, 2.05) is 0 Å². The van der Waals surface area contributed by atoms with Gasteiger partial charge in [0.2, 0.25) is 5.89 Å². The maximum atomic E-state index is 11.6. The normalized spacial score (nSPS) is 11.9. The summed E-state index contributed by atoms with van der Waals surface area (Å²) in [6.07, 6.45) is 5.11. The largest absolute Gasteiger partial charge is 0.481 e. The van der Waals surface area contributed by atoms with Gasteiger partial charge < -0.3 is 20.2 Å². The van der Waals surface area contributed by atoms with E-state index in [0.29, 0.717) is 24.6 Å². The summed E-state index contributed by atoms with van der Waals surface area (Å²) < 4.78 is 5.33. The van der Waals surface area contributed by atoms with Crippen molar-refractivity contribution >= 4 is 12.0 Å². The van der Waals surface area contributed by atoms with Crippen molar-refractivity contribution in [3.63, 3.8) is 0 Å². The number of hydrogen-bond acceptors (Lipinski definition) is 4. The fraction of sp³-hybridized carbons (Fsp3) is 0.643. The number of carbonyl (C=O) groups excluding carboxylic acids is 1. The number of carbonyl (C=O) groups is 2. The Morgan fingerprint density at radius 1 is 1.33 bits per heavy atom. The van der Waals surface area contributed by atoms with E-state index in [-0.39, 0.29) is 18.5 Å². The molecule has 1 unspecified atom stereocenters. The molecule has 1 atom stereocenters. The van der Waals surface area contributed by atoms with E-state index in [9.17, 15) is 9.59 Å². The highest BCUT2D eigenvalue weighted by molar-refractivity contribution is 5.74. The number of amides is 2. The molecule has 118 valence electrons. The number of rotatable bonds is 9. The van der Waals surface area contributed by atoms with Crippen LogP contribution in [0.15, 0.2) is 10.6 Å². The van der Waals surface area contributed by atoms with E-state index in [4.69, 9.17) is 9.52 Å². The number of carboxylic acids is 1. The van der Waals surface area contributed by atoms with Gasteiger partial charge in [-0.1, -0.05) is 12.8 Å². The molecule has 0 saturated heterocycles. The summed E-state index contributed by atoms with van der Waals surface area (Å²) in [5.74, 6) is 0.431. The van der Waals surface area contributed by atoms with Gasteiger partial charge in [0.15, 0.2) is 0 Å². The zero-order chi connectivity index (χ0) is 15.7. The van der Waals surface area contributed by atoms with Crippen molar-refractivity contribution in [2.75, 3.05) is 6.54 Å². The Morgan fingerprint density at radius 3 is 2.67 bits per heavy atom. The molecule has 0 aliphatic carbocycles. The Balaban J connectivity index is 2.07. The Kier molecular flexibility index (Phi) is 7.28. The van der Waals surface area contributed by atoms with Crippen molar-refractivity contribution in [1.29, 1.82) is 0 Å². The highest BCUT2D eigenvalue weighted by atomic mass is 16.4. The molecule has 0 aliphatic heterocycles. The highest BCUT2D eigenvalue weighted by Crippen LogP contribution is 2.11. The molecule has 7 nitrogen and oxygen atoms in total. The average molecular weight is 297 g/mol. The summed E-state index contributed by atoms with van der Waals surface area (Å²) in [4.78, 5) is 26.0. The number of aliphatic carboxylic acids is 1. The van der Waals surface area contributed by atoms with Gasteiger partial charge in [0.1, 0.15) is 11.8 Å². The minimum atomic E-state index is -0.761. The maximum Gasteiger partial charge on any atom is 0.315 e. The first-order valence-corrected chi connectivity index (χ1v) is 7.17. The number of urea groups is 1. The van der Waals surface area contributed by atoms with Crippen LogP contribution in [0.2, 0.25) is 0 Å². The second kappa shape index (κ2) is 8.99. The van der Waals surface area contributed by atoms with Gasteiger partial charge in [-0.25, -0.2) is 9.78 Å². The quantitative estimate of drug-likeness (QED) is 0.607. The lowest BCUT2D eigenvalue weighted by atomic mass is 10.1. The van der Waals surface area contributed by atoms with Crippen LogP contribution in [0.25, 0.3) is 0 Å². The molecule has 1 heterocycles. The van der Waals surface area contributed by atoms with E-state index in [1.165, 1.54) is 0 Å². The molecule has 0 saturated carbocycles. The van der Waals surface area contributed by atoms with E-state index in [1.54, 1.807) is 20.0 Å².